The molecular formula is C31H36Cl2N2O2S. The van der Waals surface area contributed by atoms with Gasteiger partial charge in [-0.2, -0.15) is 0 Å². The lowest BCUT2D eigenvalue weighted by Crippen LogP contribution is -2.51. The molecule has 0 aromatic heterocycles. The first kappa shape index (κ1) is 30.1. The van der Waals surface area contributed by atoms with Crippen LogP contribution in [-0.2, 0) is 28.3 Å². The van der Waals surface area contributed by atoms with Gasteiger partial charge in [0.05, 0.1) is 15.8 Å². The molecule has 0 bridgehead atoms. The van der Waals surface area contributed by atoms with E-state index in [4.69, 9.17) is 23.2 Å². The summed E-state index contributed by atoms with van der Waals surface area (Å²) in [6.07, 6.45) is 0.416. The maximum atomic E-state index is 13.8. The molecule has 4 nitrogen and oxygen atoms in total. The molecule has 3 aromatic carbocycles. The van der Waals surface area contributed by atoms with Crippen molar-refractivity contribution in [2.24, 2.45) is 5.92 Å². The zero-order chi connectivity index (χ0) is 27.7. The van der Waals surface area contributed by atoms with Crippen molar-refractivity contribution in [3.63, 3.8) is 0 Å². The SMILES string of the molecule is Cc1cc(C)cc(CSCC(=O)N(Cc2ccc(Cl)c(Cl)c2)[C@H](Cc2ccccc2)C(=O)NCC(C)C)c1. The molecule has 0 aliphatic heterocycles. The van der Waals surface area contributed by atoms with Gasteiger partial charge in [0.2, 0.25) is 11.8 Å². The number of halogens is 2. The average molecular weight is 572 g/mol. The molecule has 38 heavy (non-hydrogen) atoms. The Labute approximate surface area is 241 Å². The number of benzene rings is 3. The van der Waals surface area contributed by atoms with Gasteiger partial charge in [0, 0.05) is 25.3 Å². The molecule has 0 saturated heterocycles. The number of nitrogens with one attached hydrogen (secondary N) is 1. The Morgan fingerprint density at radius 2 is 1.55 bits per heavy atom. The fraction of sp³-hybridized carbons (Fsp3) is 0.355. The predicted octanol–water partition coefficient (Wildman–Crippen LogP) is 7.26. The van der Waals surface area contributed by atoms with E-state index in [0.717, 1.165) is 16.9 Å². The van der Waals surface area contributed by atoms with Crippen LogP contribution in [0.3, 0.4) is 0 Å². The van der Waals surface area contributed by atoms with Gasteiger partial charge in [0.15, 0.2) is 0 Å². The third kappa shape index (κ3) is 9.37. The molecular weight excluding hydrogens is 535 g/mol. The standard InChI is InChI=1S/C31H36Cl2N2O2S/c1-21(2)17-34-31(37)29(16-24-8-6-5-7-9-24)35(18-25-10-11-27(32)28(33)15-25)30(36)20-38-19-26-13-22(3)12-23(4)14-26/h5-15,21,29H,16-20H2,1-4H3,(H,34,37)/t29-/m1/s1. The number of carbonyl (C=O) groups is 2. The molecule has 0 fully saturated rings. The topological polar surface area (TPSA) is 49.4 Å². The number of hydrogen-bond donors (Lipinski definition) is 1. The van der Waals surface area contributed by atoms with Gasteiger partial charge in [0.1, 0.15) is 6.04 Å². The van der Waals surface area contributed by atoms with Crippen LogP contribution in [0.15, 0.2) is 66.7 Å². The first-order chi connectivity index (χ1) is 18.1. The van der Waals surface area contributed by atoms with Gasteiger partial charge in [-0.25, -0.2) is 0 Å². The highest BCUT2D eigenvalue weighted by Gasteiger charge is 2.30. The van der Waals surface area contributed by atoms with Crippen LogP contribution in [-0.4, -0.2) is 35.1 Å². The smallest absolute Gasteiger partial charge is 0.243 e. The molecule has 0 spiro atoms. The van der Waals surface area contributed by atoms with Gasteiger partial charge >= 0.3 is 0 Å². The normalized spacial score (nSPS) is 11.9. The van der Waals surface area contributed by atoms with Crippen LogP contribution < -0.4 is 5.32 Å². The number of hydrogen-bond acceptors (Lipinski definition) is 3. The molecule has 0 unspecified atom stereocenters. The lowest BCUT2D eigenvalue weighted by molar-refractivity contribution is -0.139. The molecule has 0 saturated carbocycles. The molecule has 0 aliphatic rings. The molecule has 2 amide bonds. The summed E-state index contributed by atoms with van der Waals surface area (Å²) in [6.45, 7) is 9.06. The van der Waals surface area contributed by atoms with E-state index < -0.39 is 6.04 Å². The highest BCUT2D eigenvalue weighted by Crippen LogP contribution is 2.25. The summed E-state index contributed by atoms with van der Waals surface area (Å²) in [5.74, 6) is 1.03. The number of thioether (sulfide) groups is 1. The van der Waals surface area contributed by atoms with E-state index in [0.29, 0.717) is 28.9 Å². The van der Waals surface area contributed by atoms with E-state index in [1.807, 2.05) is 36.4 Å². The van der Waals surface area contributed by atoms with Crippen molar-refractivity contribution >= 4 is 46.8 Å². The van der Waals surface area contributed by atoms with Crippen LogP contribution in [0.2, 0.25) is 10.0 Å². The Bertz CT molecular complexity index is 1210. The zero-order valence-corrected chi connectivity index (χ0v) is 24.8. The minimum absolute atomic E-state index is 0.0916. The summed E-state index contributed by atoms with van der Waals surface area (Å²) in [6, 6.07) is 20.9. The summed E-state index contributed by atoms with van der Waals surface area (Å²) in [5.41, 5.74) is 5.41. The molecule has 1 atom stereocenters. The number of amides is 2. The molecule has 0 heterocycles. The van der Waals surface area contributed by atoms with Crippen molar-refractivity contribution in [1.29, 1.82) is 0 Å². The van der Waals surface area contributed by atoms with Crippen LogP contribution in [0.1, 0.15) is 41.7 Å². The Hall–Kier alpha value is -2.47. The minimum atomic E-state index is -0.667. The monoisotopic (exact) mass is 570 g/mol. The third-order valence-corrected chi connectivity index (χ3v) is 7.80. The van der Waals surface area contributed by atoms with E-state index in [9.17, 15) is 9.59 Å². The fourth-order valence-corrected chi connectivity index (χ4v) is 5.47. The van der Waals surface area contributed by atoms with Gasteiger partial charge in [-0.3, -0.25) is 9.59 Å². The second-order valence-corrected chi connectivity index (χ2v) is 11.9. The minimum Gasteiger partial charge on any atom is -0.354 e. The summed E-state index contributed by atoms with van der Waals surface area (Å²) < 4.78 is 0. The molecule has 7 heteroatoms. The van der Waals surface area contributed by atoms with Gasteiger partial charge in [-0.1, -0.05) is 103 Å². The van der Waals surface area contributed by atoms with Crippen molar-refractivity contribution in [3.8, 4) is 0 Å². The highest BCUT2D eigenvalue weighted by molar-refractivity contribution is 7.99. The van der Waals surface area contributed by atoms with E-state index in [1.165, 1.54) is 16.7 Å². The molecule has 202 valence electrons. The quantitative estimate of drug-likeness (QED) is 0.249. The maximum absolute atomic E-state index is 13.8. The largest absolute Gasteiger partial charge is 0.354 e. The Balaban J connectivity index is 1.87. The number of aryl methyl sites for hydroxylation is 2. The Kier molecular flexibility index (Phi) is 11.6. The van der Waals surface area contributed by atoms with E-state index >= 15 is 0 Å². The first-order valence-electron chi connectivity index (χ1n) is 12.8. The maximum Gasteiger partial charge on any atom is 0.243 e. The lowest BCUT2D eigenvalue weighted by atomic mass is 10.0. The summed E-state index contributed by atoms with van der Waals surface area (Å²) in [4.78, 5) is 29.0. The highest BCUT2D eigenvalue weighted by atomic mass is 35.5. The Morgan fingerprint density at radius 3 is 2.18 bits per heavy atom. The van der Waals surface area contributed by atoms with Crippen LogP contribution in [0.5, 0.6) is 0 Å². The van der Waals surface area contributed by atoms with Gasteiger partial charge in [-0.05, 0) is 48.6 Å². The van der Waals surface area contributed by atoms with Crippen molar-refractivity contribution in [3.05, 3.63) is 105 Å². The molecule has 3 rings (SSSR count). The van der Waals surface area contributed by atoms with Crippen LogP contribution in [0.4, 0.5) is 0 Å². The third-order valence-electron chi connectivity index (χ3n) is 6.07. The molecule has 0 aliphatic carbocycles. The van der Waals surface area contributed by atoms with Gasteiger partial charge in [-0.15, -0.1) is 11.8 Å². The van der Waals surface area contributed by atoms with Crippen molar-refractivity contribution < 1.29 is 9.59 Å². The molecule has 0 radical (unpaired) electrons. The predicted molar refractivity (Wildman–Crippen MR) is 161 cm³/mol. The molecule has 1 N–H and O–H groups in total. The fourth-order valence-electron chi connectivity index (χ4n) is 4.30. The van der Waals surface area contributed by atoms with E-state index in [2.05, 4.69) is 51.2 Å². The lowest BCUT2D eigenvalue weighted by Gasteiger charge is -2.32. The summed E-state index contributed by atoms with van der Waals surface area (Å²) >= 11 is 14.0. The summed E-state index contributed by atoms with van der Waals surface area (Å²) in [7, 11) is 0. The van der Waals surface area contributed by atoms with Crippen molar-refractivity contribution in [2.45, 2.75) is 52.5 Å². The van der Waals surface area contributed by atoms with Crippen molar-refractivity contribution in [2.75, 3.05) is 12.3 Å². The van der Waals surface area contributed by atoms with Crippen LogP contribution >= 0.6 is 35.0 Å². The molecule has 3 aromatic rings. The second-order valence-electron chi connectivity index (χ2n) is 10.1. The second kappa shape index (κ2) is 14.6. The van der Waals surface area contributed by atoms with Gasteiger partial charge < -0.3 is 10.2 Å². The average Bonchev–Trinajstić information content (AvgIpc) is 2.86. The van der Waals surface area contributed by atoms with Crippen LogP contribution in [0.25, 0.3) is 0 Å². The van der Waals surface area contributed by atoms with E-state index in [-0.39, 0.29) is 24.1 Å². The zero-order valence-electron chi connectivity index (χ0n) is 22.5. The number of rotatable bonds is 12. The first-order valence-corrected chi connectivity index (χ1v) is 14.7. The Morgan fingerprint density at radius 1 is 0.868 bits per heavy atom. The number of nitrogens with zero attached hydrogens (tertiary/aromatic N) is 1. The number of carbonyl (C=O) groups excluding carboxylic acids is 2. The van der Waals surface area contributed by atoms with Crippen molar-refractivity contribution in [1.82, 2.24) is 10.2 Å². The van der Waals surface area contributed by atoms with E-state index in [1.54, 1.807) is 28.8 Å². The summed E-state index contributed by atoms with van der Waals surface area (Å²) in [5, 5.41) is 3.92. The van der Waals surface area contributed by atoms with Crippen LogP contribution in [0, 0.1) is 19.8 Å². The van der Waals surface area contributed by atoms with Gasteiger partial charge in [0.25, 0.3) is 0 Å².